The lowest BCUT2D eigenvalue weighted by atomic mass is 10.2. The van der Waals surface area contributed by atoms with Crippen LogP contribution in [0.5, 0.6) is 5.75 Å². The topological polar surface area (TPSA) is 25.4 Å². The van der Waals surface area contributed by atoms with Gasteiger partial charge in [-0.15, -0.1) is 11.6 Å². The maximum absolute atomic E-state index is 5.88. The van der Waals surface area contributed by atoms with Gasteiger partial charge in [0.05, 0.1) is 6.54 Å². The molecule has 98 valence electrons. The van der Waals surface area contributed by atoms with Crippen molar-refractivity contribution in [1.29, 1.82) is 0 Å². The zero-order valence-corrected chi connectivity index (χ0v) is 11.3. The molecule has 2 heterocycles. The molecule has 1 aromatic carbocycles. The first kappa shape index (κ1) is 12.3. The van der Waals surface area contributed by atoms with Gasteiger partial charge in [-0.05, 0) is 23.8 Å². The van der Waals surface area contributed by atoms with E-state index in [0.717, 1.165) is 30.2 Å². The first-order valence-electron chi connectivity index (χ1n) is 6.33. The molecule has 2 aromatic rings. The summed E-state index contributed by atoms with van der Waals surface area (Å²) < 4.78 is 5.76. The number of rotatable bonds is 2. The van der Waals surface area contributed by atoms with Crippen LogP contribution in [0, 0.1) is 0 Å². The molecule has 3 nitrogen and oxygen atoms in total. The molecule has 19 heavy (non-hydrogen) atoms. The van der Waals surface area contributed by atoms with Gasteiger partial charge >= 0.3 is 0 Å². The van der Waals surface area contributed by atoms with E-state index in [-0.39, 0.29) is 0 Å². The van der Waals surface area contributed by atoms with Crippen molar-refractivity contribution in [3.05, 3.63) is 53.7 Å². The van der Waals surface area contributed by atoms with Crippen LogP contribution in [0.4, 0.5) is 5.82 Å². The Bertz CT molecular complexity index is 574. The lowest BCUT2D eigenvalue weighted by molar-refractivity contribution is 0.331. The van der Waals surface area contributed by atoms with Crippen LogP contribution < -0.4 is 9.64 Å². The van der Waals surface area contributed by atoms with Gasteiger partial charge in [0, 0.05) is 24.2 Å². The predicted molar refractivity (Wildman–Crippen MR) is 76.8 cm³/mol. The Hall–Kier alpha value is -1.74. The van der Waals surface area contributed by atoms with Crippen LogP contribution >= 0.6 is 11.6 Å². The quantitative estimate of drug-likeness (QED) is 0.787. The molecule has 3 rings (SSSR count). The second-order valence-corrected chi connectivity index (χ2v) is 4.80. The minimum Gasteiger partial charge on any atom is -0.491 e. The molecule has 0 saturated heterocycles. The SMILES string of the molecule is ClCc1ccnc(N2CCOc3ccccc3C2)c1. The van der Waals surface area contributed by atoms with Gasteiger partial charge in [-0.3, -0.25) is 0 Å². The summed E-state index contributed by atoms with van der Waals surface area (Å²) in [7, 11) is 0. The van der Waals surface area contributed by atoms with E-state index in [1.807, 2.05) is 36.5 Å². The Balaban J connectivity index is 1.89. The average molecular weight is 275 g/mol. The Kier molecular flexibility index (Phi) is 3.56. The average Bonchev–Trinajstić information content (AvgIpc) is 2.69. The van der Waals surface area contributed by atoms with E-state index in [1.54, 1.807) is 0 Å². The van der Waals surface area contributed by atoms with E-state index in [1.165, 1.54) is 5.56 Å². The molecule has 0 bridgehead atoms. The number of anilines is 1. The van der Waals surface area contributed by atoms with Crippen molar-refractivity contribution in [1.82, 2.24) is 4.98 Å². The number of hydrogen-bond acceptors (Lipinski definition) is 3. The number of pyridine rings is 1. The molecule has 0 unspecified atom stereocenters. The van der Waals surface area contributed by atoms with E-state index < -0.39 is 0 Å². The summed E-state index contributed by atoms with van der Waals surface area (Å²) in [4.78, 5) is 6.66. The molecule has 0 fully saturated rings. The predicted octanol–water partition coefficient (Wildman–Crippen LogP) is 3.22. The van der Waals surface area contributed by atoms with Gasteiger partial charge < -0.3 is 9.64 Å². The Morgan fingerprint density at radius 2 is 2.16 bits per heavy atom. The third-order valence-corrected chi connectivity index (χ3v) is 3.55. The first-order valence-corrected chi connectivity index (χ1v) is 6.87. The number of alkyl halides is 1. The monoisotopic (exact) mass is 274 g/mol. The largest absolute Gasteiger partial charge is 0.491 e. The zero-order chi connectivity index (χ0) is 13.1. The van der Waals surface area contributed by atoms with Crippen molar-refractivity contribution < 1.29 is 4.74 Å². The van der Waals surface area contributed by atoms with Gasteiger partial charge in [0.2, 0.25) is 0 Å². The zero-order valence-electron chi connectivity index (χ0n) is 10.6. The molecule has 1 aliphatic heterocycles. The summed E-state index contributed by atoms with van der Waals surface area (Å²) in [5.41, 5.74) is 2.28. The van der Waals surface area contributed by atoms with E-state index in [4.69, 9.17) is 16.3 Å². The Morgan fingerprint density at radius 3 is 3.05 bits per heavy atom. The summed E-state index contributed by atoms with van der Waals surface area (Å²) in [6.07, 6.45) is 1.81. The highest BCUT2D eigenvalue weighted by molar-refractivity contribution is 6.17. The van der Waals surface area contributed by atoms with Crippen molar-refractivity contribution in [3.63, 3.8) is 0 Å². The van der Waals surface area contributed by atoms with Crippen molar-refractivity contribution in [2.45, 2.75) is 12.4 Å². The maximum atomic E-state index is 5.88. The van der Waals surface area contributed by atoms with Crippen LogP contribution in [0.3, 0.4) is 0 Å². The molecular formula is C15H15ClN2O. The fourth-order valence-corrected chi connectivity index (χ4v) is 2.40. The maximum Gasteiger partial charge on any atom is 0.129 e. The Labute approximate surface area is 117 Å². The van der Waals surface area contributed by atoms with Crippen LogP contribution in [0.2, 0.25) is 0 Å². The van der Waals surface area contributed by atoms with Gasteiger partial charge in [0.15, 0.2) is 0 Å². The van der Waals surface area contributed by atoms with E-state index in [2.05, 4.69) is 16.0 Å². The van der Waals surface area contributed by atoms with Crippen LogP contribution in [-0.2, 0) is 12.4 Å². The number of nitrogens with zero attached hydrogens (tertiary/aromatic N) is 2. The van der Waals surface area contributed by atoms with E-state index in [0.29, 0.717) is 12.5 Å². The highest BCUT2D eigenvalue weighted by Crippen LogP contribution is 2.25. The third kappa shape index (κ3) is 2.66. The number of benzene rings is 1. The third-order valence-electron chi connectivity index (χ3n) is 3.24. The van der Waals surface area contributed by atoms with Crippen LogP contribution in [-0.4, -0.2) is 18.1 Å². The number of halogens is 1. The Morgan fingerprint density at radius 1 is 1.26 bits per heavy atom. The van der Waals surface area contributed by atoms with Gasteiger partial charge in [-0.2, -0.15) is 0 Å². The van der Waals surface area contributed by atoms with Crippen molar-refractivity contribution in [3.8, 4) is 5.75 Å². The van der Waals surface area contributed by atoms with Crippen LogP contribution in [0.1, 0.15) is 11.1 Å². The molecule has 0 saturated carbocycles. The number of aromatic nitrogens is 1. The summed E-state index contributed by atoms with van der Waals surface area (Å²) in [6.45, 7) is 2.31. The lowest BCUT2D eigenvalue weighted by Crippen LogP contribution is -2.26. The number of para-hydroxylation sites is 1. The second kappa shape index (κ2) is 5.49. The van der Waals surface area contributed by atoms with Crippen molar-refractivity contribution in [2.24, 2.45) is 0 Å². The lowest BCUT2D eigenvalue weighted by Gasteiger charge is -2.21. The minimum atomic E-state index is 0.510. The summed E-state index contributed by atoms with van der Waals surface area (Å²) in [5.74, 6) is 2.44. The molecule has 0 radical (unpaired) electrons. The fraction of sp³-hybridized carbons (Fsp3) is 0.267. The number of ether oxygens (including phenoxy) is 1. The normalized spacial score (nSPS) is 14.5. The van der Waals surface area contributed by atoms with Gasteiger partial charge in [0.25, 0.3) is 0 Å². The molecule has 1 aromatic heterocycles. The number of hydrogen-bond donors (Lipinski definition) is 0. The van der Waals surface area contributed by atoms with Gasteiger partial charge in [-0.1, -0.05) is 18.2 Å². The number of fused-ring (bicyclic) bond motifs is 1. The van der Waals surface area contributed by atoms with Crippen LogP contribution in [0.15, 0.2) is 42.6 Å². The molecule has 1 aliphatic rings. The fourth-order valence-electron chi connectivity index (χ4n) is 2.24. The molecule has 0 atom stereocenters. The summed E-state index contributed by atoms with van der Waals surface area (Å²) in [5, 5.41) is 0. The van der Waals surface area contributed by atoms with Gasteiger partial charge in [0.1, 0.15) is 18.2 Å². The molecule has 0 N–H and O–H groups in total. The molecule has 4 heteroatoms. The molecular weight excluding hydrogens is 260 g/mol. The van der Waals surface area contributed by atoms with Crippen molar-refractivity contribution in [2.75, 3.05) is 18.1 Å². The molecule has 0 amide bonds. The summed E-state index contributed by atoms with van der Waals surface area (Å²) in [6, 6.07) is 12.1. The van der Waals surface area contributed by atoms with E-state index >= 15 is 0 Å². The van der Waals surface area contributed by atoms with E-state index in [9.17, 15) is 0 Å². The molecule has 0 aliphatic carbocycles. The van der Waals surface area contributed by atoms with Crippen LogP contribution in [0.25, 0.3) is 0 Å². The van der Waals surface area contributed by atoms with Gasteiger partial charge in [-0.25, -0.2) is 4.98 Å². The van der Waals surface area contributed by atoms with Crippen molar-refractivity contribution >= 4 is 17.4 Å². The molecule has 0 spiro atoms. The highest BCUT2D eigenvalue weighted by Gasteiger charge is 2.16. The smallest absolute Gasteiger partial charge is 0.129 e. The highest BCUT2D eigenvalue weighted by atomic mass is 35.5. The minimum absolute atomic E-state index is 0.510. The standard InChI is InChI=1S/C15H15ClN2O/c16-10-12-5-6-17-15(9-12)18-7-8-19-14-4-2-1-3-13(14)11-18/h1-6,9H,7-8,10-11H2. The second-order valence-electron chi connectivity index (χ2n) is 4.53. The first-order chi connectivity index (χ1) is 9.36. The summed E-state index contributed by atoms with van der Waals surface area (Å²) >= 11 is 5.88.